The third-order valence-electron chi connectivity index (χ3n) is 3.33. The highest BCUT2D eigenvalue weighted by molar-refractivity contribution is 6.32. The molecule has 0 spiro atoms. The van der Waals surface area contributed by atoms with E-state index in [9.17, 15) is 14.0 Å². The molecule has 120 valence electrons. The highest BCUT2D eigenvalue weighted by atomic mass is 35.5. The van der Waals surface area contributed by atoms with Gasteiger partial charge in [-0.05, 0) is 43.7 Å². The van der Waals surface area contributed by atoms with E-state index in [4.69, 9.17) is 11.6 Å². The Morgan fingerprint density at radius 2 is 2.13 bits per heavy atom. The number of aromatic amines is 1. The second kappa shape index (κ2) is 7.24. The Morgan fingerprint density at radius 3 is 2.78 bits per heavy atom. The number of hydrogen-bond donors (Lipinski definition) is 2. The van der Waals surface area contributed by atoms with Gasteiger partial charge in [-0.25, -0.2) is 4.39 Å². The molecule has 6 heteroatoms. The van der Waals surface area contributed by atoms with Crippen LogP contribution in [0.25, 0.3) is 6.08 Å². The van der Waals surface area contributed by atoms with Crippen molar-refractivity contribution in [1.82, 2.24) is 10.3 Å². The Balaban J connectivity index is 2.07. The lowest BCUT2D eigenvalue weighted by Gasteiger charge is -2.06. The number of halogens is 2. The van der Waals surface area contributed by atoms with Gasteiger partial charge < -0.3 is 10.3 Å². The highest BCUT2D eigenvalue weighted by Crippen LogP contribution is 2.20. The molecule has 1 aromatic carbocycles. The molecule has 2 N–H and O–H groups in total. The van der Waals surface area contributed by atoms with Crippen molar-refractivity contribution in [3.05, 3.63) is 73.9 Å². The summed E-state index contributed by atoms with van der Waals surface area (Å²) in [4.78, 5) is 26.4. The van der Waals surface area contributed by atoms with Crippen LogP contribution in [-0.2, 0) is 11.3 Å². The van der Waals surface area contributed by atoms with E-state index in [0.29, 0.717) is 5.56 Å². The molecular weight excluding hydrogens is 319 g/mol. The van der Waals surface area contributed by atoms with Crippen LogP contribution < -0.4 is 10.9 Å². The van der Waals surface area contributed by atoms with Crippen LogP contribution in [-0.4, -0.2) is 10.9 Å². The Morgan fingerprint density at radius 1 is 1.39 bits per heavy atom. The smallest absolute Gasteiger partial charge is 0.253 e. The number of aromatic nitrogens is 1. The van der Waals surface area contributed by atoms with E-state index in [-0.39, 0.29) is 22.7 Å². The van der Waals surface area contributed by atoms with Gasteiger partial charge in [0.15, 0.2) is 0 Å². The maximum atomic E-state index is 13.6. The van der Waals surface area contributed by atoms with Crippen LogP contribution in [0.2, 0.25) is 5.02 Å². The van der Waals surface area contributed by atoms with Crippen molar-refractivity contribution in [3.63, 3.8) is 0 Å². The molecule has 1 amide bonds. The van der Waals surface area contributed by atoms with Crippen molar-refractivity contribution in [3.8, 4) is 0 Å². The molecule has 0 aliphatic heterocycles. The number of nitrogens with one attached hydrogen (secondary N) is 2. The van der Waals surface area contributed by atoms with Gasteiger partial charge >= 0.3 is 0 Å². The molecule has 0 bridgehead atoms. The number of hydrogen-bond acceptors (Lipinski definition) is 2. The quantitative estimate of drug-likeness (QED) is 0.844. The van der Waals surface area contributed by atoms with Gasteiger partial charge in [0.2, 0.25) is 5.91 Å². The van der Waals surface area contributed by atoms with Crippen molar-refractivity contribution in [2.45, 2.75) is 20.4 Å². The zero-order valence-electron chi connectivity index (χ0n) is 12.7. The average molecular weight is 335 g/mol. The number of pyridine rings is 1. The number of carbonyl (C=O) groups is 1. The molecule has 4 nitrogen and oxygen atoms in total. The number of H-pyrrole nitrogens is 1. The molecule has 0 radical (unpaired) electrons. The van der Waals surface area contributed by atoms with E-state index in [0.717, 1.165) is 11.3 Å². The zero-order chi connectivity index (χ0) is 17.0. The number of benzene rings is 1. The summed E-state index contributed by atoms with van der Waals surface area (Å²) in [7, 11) is 0. The monoisotopic (exact) mass is 334 g/mol. The molecule has 0 fully saturated rings. The minimum absolute atomic E-state index is 0.0929. The molecule has 0 saturated carbocycles. The van der Waals surface area contributed by atoms with Gasteiger partial charge in [0, 0.05) is 29.4 Å². The van der Waals surface area contributed by atoms with Gasteiger partial charge in [0.1, 0.15) is 5.82 Å². The summed E-state index contributed by atoms with van der Waals surface area (Å²) in [5.41, 5.74) is 1.96. The third-order valence-corrected chi connectivity index (χ3v) is 3.66. The first-order chi connectivity index (χ1) is 10.9. The van der Waals surface area contributed by atoms with Crippen LogP contribution in [0.5, 0.6) is 0 Å². The number of amides is 1. The number of rotatable bonds is 4. The van der Waals surface area contributed by atoms with E-state index in [2.05, 4.69) is 10.3 Å². The van der Waals surface area contributed by atoms with Crippen LogP contribution in [0, 0.1) is 19.7 Å². The van der Waals surface area contributed by atoms with Crippen LogP contribution >= 0.6 is 11.6 Å². The summed E-state index contributed by atoms with van der Waals surface area (Å²) in [6.07, 6.45) is 2.49. The summed E-state index contributed by atoms with van der Waals surface area (Å²) in [6.45, 7) is 3.69. The Labute approximate surface area is 138 Å². The molecule has 2 rings (SSSR count). The standard InChI is InChI=1S/C17H16ClFN2O2/c1-10-8-11(2)21-17(23)13(10)9-20-16(22)7-6-12-14(18)4-3-5-15(12)19/h3-8H,9H2,1-2H3,(H,20,22)(H,21,23)/b7-6+. The molecular formula is C17H16ClFN2O2. The van der Waals surface area contributed by atoms with E-state index < -0.39 is 11.7 Å². The van der Waals surface area contributed by atoms with Crippen molar-refractivity contribution in [2.24, 2.45) is 0 Å². The molecule has 0 aliphatic rings. The Bertz CT molecular complexity index is 808. The number of aryl methyl sites for hydroxylation is 2. The van der Waals surface area contributed by atoms with Crippen LogP contribution in [0.15, 0.2) is 35.1 Å². The summed E-state index contributed by atoms with van der Waals surface area (Å²) < 4.78 is 13.6. The molecule has 0 unspecified atom stereocenters. The Hall–Kier alpha value is -2.40. The second-order valence-electron chi connectivity index (χ2n) is 5.13. The summed E-state index contributed by atoms with van der Waals surface area (Å²) in [5.74, 6) is -0.948. The first-order valence-electron chi connectivity index (χ1n) is 6.98. The van der Waals surface area contributed by atoms with Crippen molar-refractivity contribution in [2.75, 3.05) is 0 Å². The maximum absolute atomic E-state index is 13.6. The normalized spacial score (nSPS) is 11.0. The average Bonchev–Trinajstić information content (AvgIpc) is 2.45. The van der Waals surface area contributed by atoms with E-state index in [1.54, 1.807) is 13.8 Å². The van der Waals surface area contributed by atoms with Crippen LogP contribution in [0.3, 0.4) is 0 Å². The van der Waals surface area contributed by atoms with Gasteiger partial charge in [-0.1, -0.05) is 17.7 Å². The fourth-order valence-corrected chi connectivity index (χ4v) is 2.39. The first kappa shape index (κ1) is 17.0. The van der Waals surface area contributed by atoms with E-state index >= 15 is 0 Å². The third kappa shape index (κ3) is 4.29. The highest BCUT2D eigenvalue weighted by Gasteiger charge is 2.07. The fourth-order valence-electron chi connectivity index (χ4n) is 2.16. The molecule has 0 aliphatic carbocycles. The van der Waals surface area contributed by atoms with E-state index in [1.165, 1.54) is 30.4 Å². The second-order valence-corrected chi connectivity index (χ2v) is 5.54. The zero-order valence-corrected chi connectivity index (χ0v) is 13.5. The summed E-state index contributed by atoms with van der Waals surface area (Å²) in [5, 5.41) is 2.82. The molecule has 0 saturated heterocycles. The van der Waals surface area contributed by atoms with Gasteiger partial charge in [-0.2, -0.15) is 0 Å². The molecule has 2 aromatic rings. The minimum Gasteiger partial charge on any atom is -0.348 e. The largest absolute Gasteiger partial charge is 0.348 e. The molecule has 23 heavy (non-hydrogen) atoms. The predicted molar refractivity (Wildman–Crippen MR) is 88.8 cm³/mol. The topological polar surface area (TPSA) is 62.0 Å². The van der Waals surface area contributed by atoms with Crippen LogP contribution in [0.4, 0.5) is 4.39 Å². The van der Waals surface area contributed by atoms with Crippen molar-refractivity contribution in [1.29, 1.82) is 0 Å². The summed E-state index contributed by atoms with van der Waals surface area (Å²) in [6, 6.07) is 6.12. The van der Waals surface area contributed by atoms with Crippen molar-refractivity contribution < 1.29 is 9.18 Å². The Kier molecular flexibility index (Phi) is 5.34. The lowest BCUT2D eigenvalue weighted by molar-refractivity contribution is -0.116. The van der Waals surface area contributed by atoms with Gasteiger partial charge in [0.05, 0.1) is 5.02 Å². The summed E-state index contributed by atoms with van der Waals surface area (Å²) >= 11 is 5.87. The van der Waals surface area contributed by atoms with Gasteiger partial charge in [-0.15, -0.1) is 0 Å². The first-order valence-corrected chi connectivity index (χ1v) is 7.35. The van der Waals surface area contributed by atoms with Gasteiger partial charge in [0.25, 0.3) is 5.56 Å². The lowest BCUT2D eigenvalue weighted by atomic mass is 10.1. The molecule has 1 heterocycles. The fraction of sp³-hybridized carbons (Fsp3) is 0.176. The van der Waals surface area contributed by atoms with E-state index in [1.807, 2.05) is 6.07 Å². The SMILES string of the molecule is Cc1cc(C)c(CNC(=O)/C=C/c2c(F)cccc2Cl)c(=O)[nH]1. The molecule has 1 aromatic heterocycles. The van der Waals surface area contributed by atoms with Gasteiger partial charge in [-0.3, -0.25) is 9.59 Å². The predicted octanol–water partition coefficient (Wildman–Crippen LogP) is 3.11. The molecule has 0 atom stereocenters. The lowest BCUT2D eigenvalue weighted by Crippen LogP contribution is -2.26. The van der Waals surface area contributed by atoms with Crippen LogP contribution in [0.1, 0.15) is 22.4 Å². The van der Waals surface area contributed by atoms with Crippen molar-refractivity contribution >= 4 is 23.6 Å². The maximum Gasteiger partial charge on any atom is 0.253 e. The minimum atomic E-state index is -0.507. The number of carbonyl (C=O) groups excluding carboxylic acids is 1.